The molecule has 1 saturated heterocycles. The van der Waals surface area contributed by atoms with E-state index in [4.69, 9.17) is 0 Å². The topological polar surface area (TPSA) is 61.4 Å². The van der Waals surface area contributed by atoms with Crippen molar-refractivity contribution in [3.63, 3.8) is 0 Å². The number of hydrogen-bond donors (Lipinski definition) is 3. The van der Waals surface area contributed by atoms with Gasteiger partial charge in [0.2, 0.25) is 5.91 Å². The van der Waals surface area contributed by atoms with Gasteiger partial charge in [0.15, 0.2) is 0 Å². The van der Waals surface area contributed by atoms with Crippen LogP contribution in [-0.4, -0.2) is 29.1 Å². The Morgan fingerprint density at radius 3 is 2.25 bits per heavy atom. The summed E-state index contributed by atoms with van der Waals surface area (Å²) in [4.78, 5) is 11.9. The molecule has 3 N–H and O–H groups in total. The first-order valence-electron chi connectivity index (χ1n) is 11.0. The molecule has 2 fully saturated rings. The van der Waals surface area contributed by atoms with Gasteiger partial charge in [-0.05, 0) is 54.6 Å². The first kappa shape index (κ1) is 21.3. The third-order valence-corrected chi connectivity index (χ3v) is 6.71. The summed E-state index contributed by atoms with van der Waals surface area (Å²) in [5, 5.41) is 18.3. The lowest BCUT2D eigenvalue weighted by molar-refractivity contribution is -0.125. The summed E-state index contributed by atoms with van der Waals surface area (Å²) in [6, 6.07) is 9.38. The minimum atomic E-state index is -0.710. The van der Waals surface area contributed by atoms with Gasteiger partial charge in [0, 0.05) is 24.5 Å². The van der Waals surface area contributed by atoms with Crippen molar-refractivity contribution >= 4 is 5.91 Å². The first-order valence-corrected chi connectivity index (χ1v) is 11.0. The van der Waals surface area contributed by atoms with Gasteiger partial charge >= 0.3 is 0 Å². The SMILES string of the molecule is CC(C)c1ccc(C2(O)CCC(N[C@@H]3CCC(=O)N[C@H]3C(C)(C)C)CC2)cc1. The van der Waals surface area contributed by atoms with Crippen molar-refractivity contribution in [2.24, 2.45) is 5.41 Å². The molecule has 0 aromatic heterocycles. The maximum Gasteiger partial charge on any atom is 0.220 e. The van der Waals surface area contributed by atoms with Gasteiger partial charge in [-0.25, -0.2) is 0 Å². The Hall–Kier alpha value is -1.39. The number of rotatable bonds is 4. The summed E-state index contributed by atoms with van der Waals surface area (Å²) in [7, 11) is 0. The molecule has 1 heterocycles. The summed E-state index contributed by atoms with van der Waals surface area (Å²) in [6.45, 7) is 11.0. The fourth-order valence-electron chi connectivity index (χ4n) is 4.83. The fraction of sp³-hybridized carbons (Fsp3) is 0.708. The maximum absolute atomic E-state index is 11.9. The number of nitrogens with one attached hydrogen (secondary N) is 2. The number of hydrogen-bond acceptors (Lipinski definition) is 3. The van der Waals surface area contributed by atoms with E-state index in [0.29, 0.717) is 24.4 Å². The van der Waals surface area contributed by atoms with Gasteiger partial charge in [-0.3, -0.25) is 4.79 Å². The molecule has 156 valence electrons. The van der Waals surface area contributed by atoms with E-state index in [1.54, 1.807) is 0 Å². The Morgan fingerprint density at radius 2 is 1.71 bits per heavy atom. The first-order chi connectivity index (χ1) is 13.1. The molecule has 28 heavy (non-hydrogen) atoms. The molecule has 1 aliphatic carbocycles. The highest BCUT2D eigenvalue weighted by atomic mass is 16.3. The van der Waals surface area contributed by atoms with Crippen LogP contribution in [0.25, 0.3) is 0 Å². The Morgan fingerprint density at radius 1 is 1.11 bits per heavy atom. The smallest absolute Gasteiger partial charge is 0.220 e. The van der Waals surface area contributed by atoms with Gasteiger partial charge in [-0.15, -0.1) is 0 Å². The highest BCUT2D eigenvalue weighted by Crippen LogP contribution is 2.38. The number of piperidine rings is 1. The van der Waals surface area contributed by atoms with Crippen molar-refractivity contribution in [1.29, 1.82) is 0 Å². The zero-order chi connectivity index (χ0) is 20.5. The molecular weight excluding hydrogens is 348 g/mol. The zero-order valence-electron chi connectivity index (χ0n) is 18.2. The van der Waals surface area contributed by atoms with Crippen LogP contribution < -0.4 is 10.6 Å². The van der Waals surface area contributed by atoms with Crippen LogP contribution in [0.2, 0.25) is 0 Å². The Kier molecular flexibility index (Phi) is 6.21. The molecule has 1 aromatic carbocycles. The van der Waals surface area contributed by atoms with Crippen molar-refractivity contribution in [1.82, 2.24) is 10.6 Å². The second kappa shape index (κ2) is 8.16. The van der Waals surface area contributed by atoms with E-state index in [1.807, 2.05) is 0 Å². The molecule has 2 aliphatic rings. The van der Waals surface area contributed by atoms with Crippen molar-refractivity contribution in [3.8, 4) is 0 Å². The average Bonchev–Trinajstić information content (AvgIpc) is 2.64. The van der Waals surface area contributed by atoms with Crippen molar-refractivity contribution in [2.45, 2.75) is 103 Å². The fourth-order valence-corrected chi connectivity index (χ4v) is 4.83. The number of amides is 1. The number of aliphatic hydroxyl groups is 1. The van der Waals surface area contributed by atoms with Crippen molar-refractivity contribution in [2.75, 3.05) is 0 Å². The molecule has 1 aliphatic heterocycles. The lowest BCUT2D eigenvalue weighted by atomic mass is 9.75. The van der Waals surface area contributed by atoms with E-state index in [1.165, 1.54) is 5.56 Å². The van der Waals surface area contributed by atoms with E-state index in [9.17, 15) is 9.90 Å². The van der Waals surface area contributed by atoms with E-state index in [-0.39, 0.29) is 17.4 Å². The highest BCUT2D eigenvalue weighted by Gasteiger charge is 2.40. The molecule has 4 nitrogen and oxygen atoms in total. The summed E-state index contributed by atoms with van der Waals surface area (Å²) >= 11 is 0. The average molecular weight is 387 g/mol. The quantitative estimate of drug-likeness (QED) is 0.726. The van der Waals surface area contributed by atoms with E-state index in [2.05, 4.69) is 69.5 Å². The van der Waals surface area contributed by atoms with Gasteiger partial charge in [0.1, 0.15) is 0 Å². The maximum atomic E-state index is 11.9. The predicted molar refractivity (Wildman–Crippen MR) is 114 cm³/mol. The minimum Gasteiger partial charge on any atom is -0.385 e. The van der Waals surface area contributed by atoms with Crippen LogP contribution in [-0.2, 0) is 10.4 Å². The molecular formula is C24H38N2O2. The molecule has 1 aromatic rings. The van der Waals surface area contributed by atoms with Crippen LogP contribution in [0, 0.1) is 5.41 Å². The van der Waals surface area contributed by atoms with Crippen LogP contribution in [0.15, 0.2) is 24.3 Å². The lowest BCUT2D eigenvalue weighted by Crippen LogP contribution is -2.61. The van der Waals surface area contributed by atoms with Crippen LogP contribution in [0.5, 0.6) is 0 Å². The third kappa shape index (κ3) is 4.77. The molecule has 2 atom stereocenters. The number of carbonyl (C=O) groups excluding carboxylic acids is 1. The van der Waals surface area contributed by atoms with Crippen molar-refractivity contribution in [3.05, 3.63) is 35.4 Å². The predicted octanol–water partition coefficient (Wildman–Crippen LogP) is 4.22. The van der Waals surface area contributed by atoms with Gasteiger partial charge in [-0.2, -0.15) is 0 Å². The van der Waals surface area contributed by atoms with Crippen LogP contribution >= 0.6 is 0 Å². The standard InChI is InChI=1S/C24H38N2O2/c1-16(2)17-6-8-18(9-7-17)24(28)14-12-19(13-15-24)25-20-10-11-21(27)26-22(20)23(3,4)5/h6-9,16,19-20,22,25,28H,10-15H2,1-5H3,(H,26,27)/t19?,20-,22-,24?/m1/s1. The largest absolute Gasteiger partial charge is 0.385 e. The number of carbonyl (C=O) groups is 1. The molecule has 1 amide bonds. The summed E-state index contributed by atoms with van der Waals surface area (Å²) in [5.74, 6) is 0.677. The third-order valence-electron chi connectivity index (χ3n) is 6.71. The minimum absolute atomic E-state index is 0.0291. The summed E-state index contributed by atoms with van der Waals surface area (Å²) < 4.78 is 0. The highest BCUT2D eigenvalue weighted by molar-refractivity contribution is 5.77. The Labute approximate surface area is 170 Å². The van der Waals surface area contributed by atoms with Crippen LogP contribution in [0.3, 0.4) is 0 Å². The lowest BCUT2D eigenvalue weighted by Gasteiger charge is -2.44. The van der Waals surface area contributed by atoms with Gasteiger partial charge < -0.3 is 15.7 Å². The van der Waals surface area contributed by atoms with Crippen LogP contribution in [0.4, 0.5) is 0 Å². The molecule has 4 heteroatoms. The molecule has 3 rings (SSSR count). The van der Waals surface area contributed by atoms with Gasteiger partial charge in [-0.1, -0.05) is 58.9 Å². The molecule has 1 saturated carbocycles. The monoisotopic (exact) mass is 386 g/mol. The Balaban J connectivity index is 1.60. The van der Waals surface area contributed by atoms with Crippen molar-refractivity contribution < 1.29 is 9.90 Å². The molecule has 0 radical (unpaired) electrons. The zero-order valence-corrected chi connectivity index (χ0v) is 18.2. The summed E-state index contributed by atoms with van der Waals surface area (Å²) in [6.07, 6.45) is 4.98. The van der Waals surface area contributed by atoms with E-state index in [0.717, 1.165) is 37.7 Å². The second-order valence-electron chi connectivity index (χ2n) is 10.3. The number of benzene rings is 1. The van der Waals surface area contributed by atoms with Gasteiger partial charge in [0.25, 0.3) is 0 Å². The molecule has 0 unspecified atom stereocenters. The Bertz CT molecular complexity index is 667. The normalized spacial score (nSPS) is 31.7. The van der Waals surface area contributed by atoms with E-state index >= 15 is 0 Å². The van der Waals surface area contributed by atoms with Crippen LogP contribution in [0.1, 0.15) is 90.2 Å². The van der Waals surface area contributed by atoms with Gasteiger partial charge in [0.05, 0.1) is 5.60 Å². The molecule has 0 spiro atoms. The summed E-state index contributed by atoms with van der Waals surface area (Å²) in [5.41, 5.74) is 1.68. The molecule has 0 bridgehead atoms. The second-order valence-corrected chi connectivity index (χ2v) is 10.3. The van der Waals surface area contributed by atoms with E-state index < -0.39 is 5.60 Å².